The van der Waals surface area contributed by atoms with Gasteiger partial charge >= 0.3 is 29.6 Å². The van der Waals surface area contributed by atoms with Crippen LogP contribution in [-0.2, 0) is 10.1 Å². The molecule has 0 spiro atoms. The van der Waals surface area contributed by atoms with Crippen LogP contribution in [0, 0.1) is 0 Å². The first-order chi connectivity index (χ1) is 11.9. The van der Waals surface area contributed by atoms with Crippen molar-refractivity contribution in [3.63, 3.8) is 0 Å². The average molecular weight is 401 g/mol. The number of aliphatic hydroxyl groups is 1. The molecule has 0 rings (SSSR count). The molecule has 0 aromatic rings. The van der Waals surface area contributed by atoms with Gasteiger partial charge < -0.3 is 9.66 Å². The van der Waals surface area contributed by atoms with Gasteiger partial charge in [-0.3, -0.25) is 0 Å². The molecule has 0 amide bonds. The second kappa shape index (κ2) is 19.2. The van der Waals surface area contributed by atoms with E-state index >= 15 is 0 Å². The molecule has 0 aliphatic heterocycles. The minimum absolute atomic E-state index is 0. The Morgan fingerprint density at radius 2 is 1.04 bits per heavy atom. The summed E-state index contributed by atoms with van der Waals surface area (Å²) < 4.78 is 34.1. The van der Waals surface area contributed by atoms with Crippen LogP contribution in [-0.4, -0.2) is 29.4 Å². The topological polar surface area (TPSA) is 77.4 Å². The van der Waals surface area contributed by atoms with Crippen molar-refractivity contribution in [1.29, 1.82) is 0 Å². The number of rotatable bonds is 18. The van der Waals surface area contributed by atoms with Crippen LogP contribution in [0.5, 0.6) is 0 Å². The Balaban J connectivity index is 0. The van der Waals surface area contributed by atoms with Crippen molar-refractivity contribution in [2.24, 2.45) is 0 Å². The van der Waals surface area contributed by atoms with Crippen LogP contribution in [0.25, 0.3) is 0 Å². The van der Waals surface area contributed by atoms with Crippen molar-refractivity contribution in [1.82, 2.24) is 0 Å². The molecule has 0 aromatic heterocycles. The van der Waals surface area contributed by atoms with Gasteiger partial charge in [-0.25, -0.2) is 8.42 Å². The third kappa shape index (κ3) is 18.2. The Bertz CT molecular complexity index is 387. The summed E-state index contributed by atoms with van der Waals surface area (Å²) in [7, 11) is -4.15. The van der Waals surface area contributed by atoms with Crippen molar-refractivity contribution in [3.05, 3.63) is 0 Å². The van der Waals surface area contributed by atoms with Crippen molar-refractivity contribution < 1.29 is 47.6 Å². The summed E-state index contributed by atoms with van der Waals surface area (Å²) in [6.45, 7) is 4.28. The van der Waals surface area contributed by atoms with Crippen LogP contribution in [0.4, 0.5) is 0 Å². The van der Waals surface area contributed by atoms with Gasteiger partial charge in [0.05, 0.1) is 16.2 Å². The van der Waals surface area contributed by atoms with E-state index in [-0.39, 0.29) is 35.7 Å². The predicted octanol–water partition coefficient (Wildman–Crippen LogP) is 2.55. The van der Waals surface area contributed by atoms with E-state index in [1.165, 1.54) is 12.8 Å². The summed E-state index contributed by atoms with van der Waals surface area (Å²) in [5.41, 5.74) is 0. The molecule has 0 saturated carbocycles. The molecular weight excluding hydrogens is 359 g/mol. The van der Waals surface area contributed by atoms with Gasteiger partial charge in [0.2, 0.25) is 0 Å². The van der Waals surface area contributed by atoms with Crippen LogP contribution in [0.2, 0.25) is 0 Å². The van der Waals surface area contributed by atoms with Gasteiger partial charge in [-0.15, -0.1) is 0 Å². The largest absolute Gasteiger partial charge is 1.00 e. The molecule has 152 valence electrons. The smallest absolute Gasteiger partial charge is 0.748 e. The monoisotopic (exact) mass is 400 g/mol. The summed E-state index contributed by atoms with van der Waals surface area (Å²) >= 11 is 0. The van der Waals surface area contributed by atoms with E-state index in [1.54, 1.807) is 0 Å². The Morgan fingerprint density at radius 1 is 0.692 bits per heavy atom. The van der Waals surface area contributed by atoms with Crippen LogP contribution in [0.3, 0.4) is 0 Å². The number of hydrogen-bond acceptors (Lipinski definition) is 4. The Kier molecular flexibility index (Phi) is 21.5. The Hall–Kier alpha value is 0.870. The van der Waals surface area contributed by atoms with E-state index in [2.05, 4.69) is 13.8 Å². The van der Waals surface area contributed by atoms with E-state index in [9.17, 15) is 18.1 Å². The van der Waals surface area contributed by atoms with Gasteiger partial charge in [0.1, 0.15) is 0 Å². The molecule has 2 unspecified atom stereocenters. The first-order valence-corrected chi connectivity index (χ1v) is 12.0. The first-order valence-electron chi connectivity index (χ1n) is 10.5. The molecule has 0 aromatic carbocycles. The molecule has 0 fully saturated rings. The molecule has 6 heteroatoms. The molecule has 2 atom stereocenters. The molecule has 0 saturated heterocycles. The maximum absolute atomic E-state index is 11.4. The minimum atomic E-state index is -4.15. The zero-order valence-corrected chi connectivity index (χ0v) is 20.4. The van der Waals surface area contributed by atoms with Crippen molar-refractivity contribution in [2.45, 2.75) is 128 Å². The minimum Gasteiger partial charge on any atom is -0.748 e. The first kappa shape index (κ1) is 29.1. The maximum atomic E-state index is 11.4. The predicted molar refractivity (Wildman–Crippen MR) is 105 cm³/mol. The standard InChI is InChI=1S/C20H42O4S.Na/c1-3-5-7-13-17-20(25(22,23)24)18-14-10-8-9-12-16-19(21)15-11-6-4-2;/h19-21H,3-18H2,1-2H3,(H,22,23,24);/q;+1/p-1. The molecule has 1 N–H and O–H groups in total. The third-order valence-electron chi connectivity index (χ3n) is 4.99. The Morgan fingerprint density at radius 3 is 1.50 bits per heavy atom. The maximum Gasteiger partial charge on any atom is 1.00 e. The third-order valence-corrected chi connectivity index (χ3v) is 6.28. The van der Waals surface area contributed by atoms with E-state index in [0.29, 0.717) is 12.8 Å². The second-order valence-electron chi connectivity index (χ2n) is 7.46. The van der Waals surface area contributed by atoms with Gasteiger partial charge in [0, 0.05) is 5.25 Å². The molecule has 0 heterocycles. The second-order valence-corrected chi connectivity index (χ2v) is 9.11. The molecule has 0 radical (unpaired) electrons. The molecular formula is C20H41NaO4S. The van der Waals surface area contributed by atoms with Gasteiger partial charge in [0.15, 0.2) is 0 Å². The SMILES string of the molecule is CCCCCCC(CCCCCCCC(O)CCCCC)S(=O)(=O)[O-].[Na+]. The van der Waals surface area contributed by atoms with E-state index < -0.39 is 15.4 Å². The molecule has 0 bridgehead atoms. The summed E-state index contributed by atoms with van der Waals surface area (Å²) in [4.78, 5) is 0. The summed E-state index contributed by atoms with van der Waals surface area (Å²) in [5, 5.41) is 9.17. The normalized spacial score (nSPS) is 14.0. The van der Waals surface area contributed by atoms with Gasteiger partial charge in [0.25, 0.3) is 0 Å². The fourth-order valence-electron chi connectivity index (χ4n) is 3.29. The zero-order chi connectivity index (χ0) is 19.0. The summed E-state index contributed by atoms with van der Waals surface area (Å²) in [5.74, 6) is 0. The van der Waals surface area contributed by atoms with E-state index in [0.717, 1.165) is 77.0 Å². The van der Waals surface area contributed by atoms with Gasteiger partial charge in [-0.1, -0.05) is 90.9 Å². The quantitative estimate of drug-likeness (QED) is 0.218. The number of hydrogen-bond donors (Lipinski definition) is 1. The van der Waals surface area contributed by atoms with Crippen LogP contribution in [0.1, 0.15) is 117 Å². The summed E-state index contributed by atoms with van der Waals surface area (Å²) in [6, 6.07) is 0. The fourth-order valence-corrected chi connectivity index (χ4v) is 4.20. The molecule has 0 aliphatic carbocycles. The summed E-state index contributed by atoms with van der Waals surface area (Å²) in [6.07, 6.45) is 15.2. The van der Waals surface area contributed by atoms with E-state index in [4.69, 9.17) is 0 Å². The Labute approximate surface area is 185 Å². The average Bonchev–Trinajstić information content (AvgIpc) is 2.55. The number of aliphatic hydroxyl groups excluding tert-OH is 1. The fraction of sp³-hybridized carbons (Fsp3) is 1.00. The van der Waals surface area contributed by atoms with E-state index in [1.807, 2.05) is 0 Å². The van der Waals surface area contributed by atoms with Crippen molar-refractivity contribution >= 4 is 10.1 Å². The van der Waals surface area contributed by atoms with Gasteiger partial charge in [-0.2, -0.15) is 0 Å². The van der Waals surface area contributed by atoms with Crippen molar-refractivity contribution in [3.8, 4) is 0 Å². The zero-order valence-electron chi connectivity index (χ0n) is 17.5. The van der Waals surface area contributed by atoms with Crippen LogP contribution < -0.4 is 29.6 Å². The van der Waals surface area contributed by atoms with Gasteiger partial charge in [-0.05, 0) is 25.7 Å². The van der Waals surface area contributed by atoms with Crippen molar-refractivity contribution in [2.75, 3.05) is 0 Å². The van der Waals surface area contributed by atoms with Crippen LogP contribution >= 0.6 is 0 Å². The molecule has 0 aliphatic rings. The van der Waals surface area contributed by atoms with Crippen LogP contribution in [0.15, 0.2) is 0 Å². The molecule has 26 heavy (non-hydrogen) atoms. The molecule has 4 nitrogen and oxygen atoms in total. The number of unbranched alkanes of at least 4 members (excludes halogenated alkanes) is 9.